The summed E-state index contributed by atoms with van der Waals surface area (Å²) in [7, 11) is 0. The zero-order valence-electron chi connectivity index (χ0n) is 11.0. The molecule has 0 fully saturated rings. The number of carboxylic acid groups (broad SMARTS) is 1. The smallest absolute Gasteiger partial charge is 0.356 e. The second-order valence-corrected chi connectivity index (χ2v) is 4.48. The molecule has 0 radical (unpaired) electrons. The first kappa shape index (κ1) is 12.4. The summed E-state index contributed by atoms with van der Waals surface area (Å²) in [4.78, 5) is 10.8. The van der Waals surface area contributed by atoms with Gasteiger partial charge in [0.05, 0.1) is 17.8 Å². The Morgan fingerprint density at radius 2 is 2.05 bits per heavy atom. The third-order valence-corrected chi connectivity index (χ3v) is 3.21. The van der Waals surface area contributed by atoms with Crippen LogP contribution in [0.2, 0.25) is 0 Å². The molecule has 0 amide bonds. The average Bonchev–Trinajstić information content (AvgIpc) is 3.05. The van der Waals surface area contributed by atoms with Gasteiger partial charge in [0.1, 0.15) is 0 Å². The summed E-state index contributed by atoms with van der Waals surface area (Å²) in [5, 5.41) is 18.5. The van der Waals surface area contributed by atoms with Crippen LogP contribution in [0.25, 0.3) is 10.9 Å². The van der Waals surface area contributed by atoms with Crippen molar-refractivity contribution in [3.05, 3.63) is 47.9 Å². The highest BCUT2D eigenvalue weighted by atomic mass is 16.4. The van der Waals surface area contributed by atoms with Gasteiger partial charge in [-0.05, 0) is 19.1 Å². The summed E-state index contributed by atoms with van der Waals surface area (Å²) in [5.41, 5.74) is 2.02. The SMILES string of the molecule is CCn1nc(Cn2ccc(C(=O)O)n2)c2ccccc21. The molecule has 6 heteroatoms. The van der Waals surface area contributed by atoms with E-state index in [4.69, 9.17) is 5.11 Å². The highest BCUT2D eigenvalue weighted by Gasteiger charge is 2.11. The highest BCUT2D eigenvalue weighted by molar-refractivity contribution is 5.85. The Bertz CT molecular complexity index is 772. The van der Waals surface area contributed by atoms with E-state index in [0.717, 1.165) is 23.1 Å². The summed E-state index contributed by atoms with van der Waals surface area (Å²) in [5.74, 6) is -1.02. The van der Waals surface area contributed by atoms with Crippen LogP contribution >= 0.6 is 0 Å². The monoisotopic (exact) mass is 270 g/mol. The maximum absolute atomic E-state index is 10.8. The Morgan fingerprint density at radius 3 is 2.75 bits per heavy atom. The molecule has 0 aliphatic heterocycles. The van der Waals surface area contributed by atoms with Crippen LogP contribution in [0.15, 0.2) is 36.5 Å². The van der Waals surface area contributed by atoms with Gasteiger partial charge in [-0.1, -0.05) is 18.2 Å². The lowest BCUT2D eigenvalue weighted by Gasteiger charge is -1.98. The standard InChI is InChI=1S/C14H14N4O2/c1-2-18-13-6-4-3-5-10(13)12(16-18)9-17-8-7-11(15-17)14(19)20/h3-8H,2,9H2,1H3,(H,19,20). The lowest BCUT2D eigenvalue weighted by molar-refractivity contribution is 0.0689. The van der Waals surface area contributed by atoms with E-state index in [1.54, 1.807) is 10.9 Å². The number of hydrogen-bond acceptors (Lipinski definition) is 3. The van der Waals surface area contributed by atoms with Crippen LogP contribution < -0.4 is 0 Å². The molecule has 20 heavy (non-hydrogen) atoms. The largest absolute Gasteiger partial charge is 0.476 e. The van der Waals surface area contributed by atoms with Crippen LogP contribution in [0.4, 0.5) is 0 Å². The van der Waals surface area contributed by atoms with Crippen LogP contribution in [0.3, 0.4) is 0 Å². The molecule has 6 nitrogen and oxygen atoms in total. The van der Waals surface area contributed by atoms with Gasteiger partial charge in [0, 0.05) is 18.1 Å². The summed E-state index contributed by atoms with van der Waals surface area (Å²) in [6, 6.07) is 9.49. The van der Waals surface area contributed by atoms with Gasteiger partial charge in [0.15, 0.2) is 5.69 Å². The summed E-state index contributed by atoms with van der Waals surface area (Å²) in [6.45, 7) is 3.29. The van der Waals surface area contributed by atoms with Crippen LogP contribution in [0.5, 0.6) is 0 Å². The second kappa shape index (κ2) is 4.80. The van der Waals surface area contributed by atoms with E-state index in [1.165, 1.54) is 6.07 Å². The normalized spacial score (nSPS) is 11.1. The molecule has 0 aliphatic carbocycles. The van der Waals surface area contributed by atoms with Gasteiger partial charge in [-0.15, -0.1) is 0 Å². The van der Waals surface area contributed by atoms with Gasteiger partial charge in [-0.2, -0.15) is 10.2 Å². The van der Waals surface area contributed by atoms with E-state index in [1.807, 2.05) is 35.9 Å². The third-order valence-electron chi connectivity index (χ3n) is 3.21. The quantitative estimate of drug-likeness (QED) is 0.787. The van der Waals surface area contributed by atoms with Crippen molar-refractivity contribution in [2.75, 3.05) is 0 Å². The second-order valence-electron chi connectivity index (χ2n) is 4.48. The number of aromatic nitrogens is 4. The minimum Gasteiger partial charge on any atom is -0.476 e. The van der Waals surface area contributed by atoms with Gasteiger partial charge in [0.2, 0.25) is 0 Å². The molecule has 2 heterocycles. The van der Waals surface area contributed by atoms with E-state index in [0.29, 0.717) is 6.54 Å². The van der Waals surface area contributed by atoms with Gasteiger partial charge in [-0.3, -0.25) is 9.36 Å². The first-order valence-electron chi connectivity index (χ1n) is 6.40. The van der Waals surface area contributed by atoms with Crippen LogP contribution in [0, 0.1) is 0 Å². The number of rotatable bonds is 4. The maximum atomic E-state index is 10.8. The Hall–Kier alpha value is -2.63. The number of hydrogen-bond donors (Lipinski definition) is 1. The predicted octanol–water partition coefficient (Wildman–Crippen LogP) is 2.00. The van der Waals surface area contributed by atoms with Crippen molar-refractivity contribution in [3.63, 3.8) is 0 Å². The van der Waals surface area contributed by atoms with Crippen molar-refractivity contribution in [1.82, 2.24) is 19.6 Å². The highest BCUT2D eigenvalue weighted by Crippen LogP contribution is 2.19. The first-order chi connectivity index (χ1) is 9.69. The van der Waals surface area contributed by atoms with E-state index < -0.39 is 5.97 Å². The molecule has 102 valence electrons. The van der Waals surface area contributed by atoms with Gasteiger partial charge in [-0.25, -0.2) is 4.79 Å². The van der Waals surface area contributed by atoms with E-state index in [2.05, 4.69) is 10.2 Å². The number of nitrogens with zero attached hydrogens (tertiary/aromatic N) is 4. The van der Waals surface area contributed by atoms with Gasteiger partial charge >= 0.3 is 5.97 Å². The number of carbonyl (C=O) groups is 1. The Kier molecular flexibility index (Phi) is 2.98. The molecule has 3 rings (SSSR count). The molecule has 0 spiro atoms. The third kappa shape index (κ3) is 2.05. The lowest BCUT2D eigenvalue weighted by Crippen LogP contribution is -2.05. The average molecular weight is 270 g/mol. The van der Waals surface area contributed by atoms with Crippen LogP contribution in [-0.2, 0) is 13.1 Å². The minimum atomic E-state index is -1.02. The molecule has 2 aromatic heterocycles. The molecule has 1 aromatic carbocycles. The van der Waals surface area contributed by atoms with Crippen LogP contribution in [0.1, 0.15) is 23.1 Å². The lowest BCUT2D eigenvalue weighted by atomic mass is 10.2. The molecule has 0 aliphatic rings. The van der Waals surface area contributed by atoms with E-state index in [9.17, 15) is 4.79 Å². The summed E-state index contributed by atoms with van der Waals surface area (Å²) < 4.78 is 3.53. The van der Waals surface area contributed by atoms with E-state index in [-0.39, 0.29) is 5.69 Å². The number of para-hydroxylation sites is 1. The van der Waals surface area contributed by atoms with Gasteiger partial charge < -0.3 is 5.11 Å². The fourth-order valence-electron chi connectivity index (χ4n) is 2.27. The molecule has 0 saturated carbocycles. The molecule has 1 N–H and O–H groups in total. The van der Waals surface area contributed by atoms with Crippen molar-refractivity contribution in [3.8, 4) is 0 Å². The maximum Gasteiger partial charge on any atom is 0.356 e. The Balaban J connectivity index is 1.99. The topological polar surface area (TPSA) is 72.9 Å². The van der Waals surface area contributed by atoms with Crippen molar-refractivity contribution in [2.24, 2.45) is 0 Å². The van der Waals surface area contributed by atoms with Gasteiger partial charge in [0.25, 0.3) is 0 Å². The number of aryl methyl sites for hydroxylation is 1. The fourth-order valence-corrected chi connectivity index (χ4v) is 2.27. The van der Waals surface area contributed by atoms with Crippen molar-refractivity contribution in [1.29, 1.82) is 0 Å². The molecular formula is C14H14N4O2. The zero-order chi connectivity index (χ0) is 14.1. The molecule has 0 atom stereocenters. The van der Waals surface area contributed by atoms with Crippen molar-refractivity contribution < 1.29 is 9.90 Å². The molecule has 0 saturated heterocycles. The molecular weight excluding hydrogens is 256 g/mol. The fraction of sp³-hybridized carbons (Fsp3) is 0.214. The van der Waals surface area contributed by atoms with Crippen molar-refractivity contribution >= 4 is 16.9 Å². The summed E-state index contributed by atoms with van der Waals surface area (Å²) in [6.07, 6.45) is 1.66. The number of aromatic carboxylic acids is 1. The molecule has 0 bridgehead atoms. The van der Waals surface area contributed by atoms with Crippen LogP contribution in [-0.4, -0.2) is 30.6 Å². The number of fused-ring (bicyclic) bond motifs is 1. The first-order valence-corrected chi connectivity index (χ1v) is 6.40. The molecule has 3 aromatic rings. The Labute approximate surface area is 115 Å². The predicted molar refractivity (Wildman–Crippen MR) is 73.7 cm³/mol. The number of carboxylic acids is 1. The summed E-state index contributed by atoms with van der Waals surface area (Å²) >= 11 is 0. The minimum absolute atomic E-state index is 0.0456. The van der Waals surface area contributed by atoms with Crippen molar-refractivity contribution in [2.45, 2.75) is 20.0 Å². The zero-order valence-corrected chi connectivity index (χ0v) is 11.0. The Morgan fingerprint density at radius 1 is 1.25 bits per heavy atom. The number of benzene rings is 1. The van der Waals surface area contributed by atoms with E-state index >= 15 is 0 Å². The molecule has 0 unspecified atom stereocenters.